The predicted octanol–water partition coefficient (Wildman–Crippen LogP) is 6.35. The van der Waals surface area contributed by atoms with Crippen LogP contribution in [0.5, 0.6) is 5.75 Å². The first-order chi connectivity index (χ1) is 14.3. The van der Waals surface area contributed by atoms with Gasteiger partial charge in [-0.2, -0.15) is 0 Å². The Morgan fingerprint density at radius 1 is 0.931 bits per heavy atom. The van der Waals surface area contributed by atoms with Crippen LogP contribution in [0.2, 0.25) is 0 Å². The van der Waals surface area contributed by atoms with Crippen LogP contribution in [0.4, 0.5) is 11.4 Å². The molecule has 3 aromatic rings. The van der Waals surface area contributed by atoms with Gasteiger partial charge < -0.3 is 9.64 Å². The Labute approximate surface area is 182 Å². The van der Waals surface area contributed by atoms with Crippen LogP contribution in [0.25, 0.3) is 0 Å². The minimum atomic E-state index is 0.305. The lowest BCUT2D eigenvalue weighted by molar-refractivity contribution is 0.215. The van der Waals surface area contributed by atoms with Crippen LogP contribution < -0.4 is 9.64 Å². The Bertz CT molecular complexity index is 964. The first-order valence-corrected chi connectivity index (χ1v) is 11.3. The van der Waals surface area contributed by atoms with Gasteiger partial charge in [0, 0.05) is 34.9 Å². The van der Waals surface area contributed by atoms with Crippen molar-refractivity contribution in [1.29, 1.82) is 0 Å². The van der Waals surface area contributed by atoms with Crippen molar-refractivity contribution in [2.24, 2.45) is 0 Å². The maximum atomic E-state index is 5.81. The fourth-order valence-corrected chi connectivity index (χ4v) is 5.68. The number of anilines is 2. The standard InChI is InChI=1S/C24H24N2OS2/c28-26(19-14-17-27-22-11-4-1-8-18(19)22)16-7-15-25-20-9-2-5-12-23(20)29-24-13-6-3-10-21(24)25/h1-6,8-13,19,28H,7,14-17H2. The average molecular weight is 421 g/mol. The lowest BCUT2D eigenvalue weighted by atomic mass is 10.0. The molecule has 2 heterocycles. The average Bonchev–Trinajstić information content (AvgIpc) is 2.78. The van der Waals surface area contributed by atoms with Gasteiger partial charge in [0.05, 0.1) is 24.0 Å². The van der Waals surface area contributed by atoms with Crippen LogP contribution in [0.1, 0.15) is 24.4 Å². The largest absolute Gasteiger partial charge is 0.493 e. The molecule has 1 atom stereocenters. The van der Waals surface area contributed by atoms with Crippen LogP contribution in [-0.4, -0.2) is 24.0 Å². The lowest BCUT2D eigenvalue weighted by Gasteiger charge is -2.35. The number of nitrogens with zero attached hydrogens (tertiary/aromatic N) is 2. The first-order valence-electron chi connectivity index (χ1n) is 10.1. The quantitative estimate of drug-likeness (QED) is 0.484. The molecular weight excluding hydrogens is 396 g/mol. The zero-order valence-electron chi connectivity index (χ0n) is 16.2. The van der Waals surface area contributed by atoms with E-state index in [1.165, 1.54) is 26.7 Å². The third kappa shape index (κ3) is 3.75. The number of ether oxygens (including phenoxy) is 1. The maximum absolute atomic E-state index is 5.81. The molecule has 0 radical (unpaired) electrons. The minimum Gasteiger partial charge on any atom is -0.493 e. The van der Waals surface area contributed by atoms with Crippen molar-refractivity contribution in [2.45, 2.75) is 28.7 Å². The summed E-state index contributed by atoms with van der Waals surface area (Å²) in [6.07, 6.45) is 2.02. The molecule has 5 rings (SSSR count). The van der Waals surface area contributed by atoms with Gasteiger partial charge in [-0.05, 0) is 36.8 Å². The third-order valence-electron chi connectivity index (χ3n) is 5.59. The molecule has 0 saturated carbocycles. The third-order valence-corrected chi connectivity index (χ3v) is 7.20. The van der Waals surface area contributed by atoms with E-state index in [4.69, 9.17) is 17.6 Å². The summed E-state index contributed by atoms with van der Waals surface area (Å²) >= 11 is 6.72. The van der Waals surface area contributed by atoms with Gasteiger partial charge in [-0.1, -0.05) is 67.0 Å². The van der Waals surface area contributed by atoms with Crippen molar-refractivity contribution >= 4 is 36.0 Å². The molecule has 3 nitrogen and oxygen atoms in total. The number of hydrogen-bond acceptors (Lipinski definition) is 5. The van der Waals surface area contributed by atoms with Gasteiger partial charge in [-0.25, -0.2) is 4.31 Å². The predicted molar refractivity (Wildman–Crippen MR) is 124 cm³/mol. The zero-order chi connectivity index (χ0) is 19.6. The van der Waals surface area contributed by atoms with Crippen LogP contribution in [0.3, 0.4) is 0 Å². The molecule has 0 saturated heterocycles. The van der Waals surface area contributed by atoms with E-state index in [1.54, 1.807) is 0 Å². The Balaban J connectivity index is 1.30. The molecule has 0 N–H and O–H groups in total. The monoisotopic (exact) mass is 420 g/mol. The van der Waals surface area contributed by atoms with E-state index in [0.717, 1.165) is 38.3 Å². The highest BCUT2D eigenvalue weighted by molar-refractivity contribution is 7.99. The Morgan fingerprint density at radius 3 is 2.34 bits per heavy atom. The Hall–Kier alpha value is -2.08. The number of hydrogen-bond donors (Lipinski definition) is 1. The smallest absolute Gasteiger partial charge is 0.124 e. The van der Waals surface area contributed by atoms with Crippen LogP contribution >= 0.6 is 24.6 Å². The van der Waals surface area contributed by atoms with E-state index in [9.17, 15) is 0 Å². The molecule has 0 amide bonds. The van der Waals surface area contributed by atoms with Crippen molar-refractivity contribution in [3.63, 3.8) is 0 Å². The summed E-state index contributed by atoms with van der Waals surface area (Å²) in [6, 6.07) is 26.0. The Morgan fingerprint density at radius 2 is 1.59 bits per heavy atom. The van der Waals surface area contributed by atoms with E-state index >= 15 is 0 Å². The van der Waals surface area contributed by atoms with Crippen molar-refractivity contribution in [1.82, 2.24) is 4.31 Å². The zero-order valence-corrected chi connectivity index (χ0v) is 17.9. The van der Waals surface area contributed by atoms with Crippen molar-refractivity contribution < 1.29 is 4.74 Å². The van der Waals surface area contributed by atoms with E-state index < -0.39 is 0 Å². The molecular formula is C24H24N2OS2. The topological polar surface area (TPSA) is 15.7 Å². The number of rotatable bonds is 5. The highest BCUT2D eigenvalue weighted by atomic mass is 32.2. The van der Waals surface area contributed by atoms with Gasteiger partial charge >= 0.3 is 0 Å². The maximum Gasteiger partial charge on any atom is 0.124 e. The molecule has 2 aliphatic rings. The van der Waals surface area contributed by atoms with Crippen LogP contribution in [0.15, 0.2) is 82.6 Å². The van der Waals surface area contributed by atoms with Gasteiger partial charge in [0.2, 0.25) is 0 Å². The number of fused-ring (bicyclic) bond motifs is 3. The molecule has 0 aromatic heterocycles. The van der Waals surface area contributed by atoms with E-state index in [2.05, 4.69) is 75.9 Å². The number of thiol groups is 1. The molecule has 2 aliphatic heterocycles. The number of para-hydroxylation sites is 3. The van der Waals surface area contributed by atoms with Crippen molar-refractivity contribution in [3.05, 3.63) is 78.4 Å². The summed E-state index contributed by atoms with van der Waals surface area (Å²) in [5.74, 6) is 0.999. The molecule has 1 unspecified atom stereocenters. The first kappa shape index (κ1) is 18.9. The van der Waals surface area contributed by atoms with Gasteiger partial charge in [-0.15, -0.1) is 0 Å². The molecule has 0 bridgehead atoms. The summed E-state index contributed by atoms with van der Waals surface area (Å²) < 4.78 is 8.00. The highest BCUT2D eigenvalue weighted by Crippen LogP contribution is 2.47. The molecule has 29 heavy (non-hydrogen) atoms. The summed E-state index contributed by atoms with van der Waals surface area (Å²) in [5.41, 5.74) is 3.86. The number of benzene rings is 3. The van der Waals surface area contributed by atoms with Crippen LogP contribution in [-0.2, 0) is 0 Å². The molecule has 0 fully saturated rings. The van der Waals surface area contributed by atoms with Gasteiger partial charge in [0.15, 0.2) is 0 Å². The summed E-state index contributed by atoms with van der Waals surface area (Å²) in [5, 5.41) is 0. The second-order valence-corrected chi connectivity index (χ2v) is 8.99. The molecule has 148 valence electrons. The summed E-state index contributed by atoms with van der Waals surface area (Å²) in [4.78, 5) is 5.11. The van der Waals surface area contributed by atoms with Crippen LogP contribution in [0, 0.1) is 0 Å². The Kier molecular flexibility index (Phi) is 5.44. The van der Waals surface area contributed by atoms with E-state index in [1.807, 2.05) is 17.8 Å². The van der Waals surface area contributed by atoms with Crippen molar-refractivity contribution in [2.75, 3.05) is 24.6 Å². The van der Waals surface area contributed by atoms with Crippen molar-refractivity contribution in [3.8, 4) is 5.75 Å². The lowest BCUT2D eigenvalue weighted by Crippen LogP contribution is -2.29. The van der Waals surface area contributed by atoms with E-state index in [-0.39, 0.29) is 0 Å². The SMILES string of the molecule is SN(CCCN1c2ccccc2Sc2ccccc21)C1CCOc2ccccc21. The second kappa shape index (κ2) is 8.34. The fourth-order valence-electron chi connectivity index (χ4n) is 4.20. The highest BCUT2D eigenvalue weighted by Gasteiger charge is 2.26. The van der Waals surface area contributed by atoms with Gasteiger partial charge in [0.25, 0.3) is 0 Å². The van der Waals surface area contributed by atoms with Gasteiger partial charge in [0.1, 0.15) is 5.75 Å². The summed E-state index contributed by atoms with van der Waals surface area (Å²) in [7, 11) is 0. The van der Waals surface area contributed by atoms with E-state index in [0.29, 0.717) is 6.04 Å². The molecule has 0 aliphatic carbocycles. The normalized spacial score (nSPS) is 17.3. The van der Waals surface area contributed by atoms with Gasteiger partial charge in [-0.3, -0.25) is 0 Å². The minimum absolute atomic E-state index is 0.305. The second-order valence-electron chi connectivity index (χ2n) is 7.40. The fraction of sp³-hybridized carbons (Fsp3) is 0.250. The summed E-state index contributed by atoms with van der Waals surface area (Å²) in [6.45, 7) is 2.65. The molecule has 5 heteroatoms. The molecule has 3 aromatic carbocycles. The molecule has 0 spiro atoms.